The molecule has 0 aromatic heterocycles. The van der Waals surface area contributed by atoms with Crippen molar-refractivity contribution in [1.29, 1.82) is 0 Å². The molecule has 1 radical (unpaired) electrons. The van der Waals surface area contributed by atoms with E-state index in [1.165, 1.54) is 11.1 Å². The van der Waals surface area contributed by atoms with Crippen LogP contribution < -0.4 is 0 Å². The molecule has 2 aromatic carbocycles. The summed E-state index contributed by atoms with van der Waals surface area (Å²) in [6.07, 6.45) is 0. The number of benzene rings is 2. The molecule has 0 aliphatic heterocycles. The molecule has 3 heteroatoms. The minimum absolute atomic E-state index is 0.793. The Morgan fingerprint density at radius 2 is 1.44 bits per heavy atom. The van der Waals surface area contributed by atoms with E-state index >= 15 is 0 Å². The molecule has 18 heavy (non-hydrogen) atoms. The van der Waals surface area contributed by atoms with Gasteiger partial charge in [0.2, 0.25) is 0 Å². The van der Waals surface area contributed by atoms with Gasteiger partial charge in [-0.2, -0.15) is 0 Å². The van der Waals surface area contributed by atoms with Gasteiger partial charge in [0.15, 0.2) is 0 Å². The Bertz CT molecular complexity index is 470. The highest BCUT2D eigenvalue weighted by molar-refractivity contribution is 7.97. The Morgan fingerprint density at radius 3 is 2.00 bits per heavy atom. The van der Waals surface area contributed by atoms with Crippen LogP contribution in [0.2, 0.25) is 0 Å². The van der Waals surface area contributed by atoms with Gasteiger partial charge >= 0.3 is 0 Å². The summed E-state index contributed by atoms with van der Waals surface area (Å²) in [7, 11) is 0. The fourth-order valence-electron chi connectivity index (χ4n) is 1.58. The first-order chi connectivity index (χ1) is 8.88. The number of thiocarbonyl (C=S) groups is 1. The van der Waals surface area contributed by atoms with Crippen molar-refractivity contribution in [2.45, 2.75) is 12.3 Å². The van der Waals surface area contributed by atoms with E-state index < -0.39 is 0 Å². The van der Waals surface area contributed by atoms with Crippen molar-refractivity contribution in [3.63, 3.8) is 0 Å². The van der Waals surface area contributed by atoms with E-state index in [0.29, 0.717) is 0 Å². The van der Waals surface area contributed by atoms with Crippen LogP contribution in [0.15, 0.2) is 60.7 Å². The van der Waals surface area contributed by atoms with Gasteiger partial charge in [-0.25, -0.2) is 0 Å². The first-order valence-electron chi connectivity index (χ1n) is 5.74. The van der Waals surface area contributed by atoms with Gasteiger partial charge in [0.05, 0.1) is 6.54 Å². The Labute approximate surface area is 118 Å². The SMILES string of the molecule is S=[C]N(Cc1ccccc1)SCc1ccccc1. The molecule has 0 saturated carbocycles. The lowest BCUT2D eigenvalue weighted by Gasteiger charge is -2.16. The van der Waals surface area contributed by atoms with Gasteiger partial charge in [0.25, 0.3) is 0 Å². The minimum Gasteiger partial charge on any atom is -0.300 e. The van der Waals surface area contributed by atoms with Crippen molar-refractivity contribution in [2.75, 3.05) is 0 Å². The number of rotatable bonds is 6. The Kier molecular flexibility index (Phi) is 5.24. The molecule has 0 amide bonds. The highest BCUT2D eigenvalue weighted by atomic mass is 32.2. The molecule has 0 bridgehead atoms. The van der Waals surface area contributed by atoms with E-state index in [-0.39, 0.29) is 0 Å². The third-order valence-electron chi connectivity index (χ3n) is 2.50. The number of nitrogens with zero attached hydrogens (tertiary/aromatic N) is 1. The molecule has 0 spiro atoms. The lowest BCUT2D eigenvalue weighted by Crippen LogP contribution is -2.11. The average molecular weight is 272 g/mol. The van der Waals surface area contributed by atoms with Gasteiger partial charge < -0.3 is 0 Å². The maximum atomic E-state index is 4.94. The van der Waals surface area contributed by atoms with E-state index in [4.69, 9.17) is 12.2 Å². The summed E-state index contributed by atoms with van der Waals surface area (Å²) in [6.45, 7) is 0.793. The van der Waals surface area contributed by atoms with Crippen LogP contribution in [0.1, 0.15) is 11.1 Å². The summed E-state index contributed by atoms with van der Waals surface area (Å²) >= 11 is 6.63. The molecule has 0 aliphatic rings. The third kappa shape index (κ3) is 4.17. The fourth-order valence-corrected chi connectivity index (χ4v) is 2.59. The maximum Gasteiger partial charge on any atom is 0.148 e. The molecule has 91 valence electrons. The van der Waals surface area contributed by atoms with Gasteiger partial charge in [-0.15, -0.1) is 0 Å². The van der Waals surface area contributed by atoms with Crippen LogP contribution in [-0.4, -0.2) is 9.80 Å². The maximum absolute atomic E-state index is 4.94. The molecule has 1 nitrogen and oxygen atoms in total. The molecule has 0 saturated heterocycles. The summed E-state index contributed by atoms with van der Waals surface area (Å²) in [4.78, 5) is 0. The van der Waals surface area contributed by atoms with Crippen molar-refractivity contribution in [2.24, 2.45) is 0 Å². The first-order valence-corrected chi connectivity index (χ1v) is 7.09. The first kappa shape index (κ1) is 13.1. The smallest absolute Gasteiger partial charge is 0.148 e. The van der Waals surface area contributed by atoms with Gasteiger partial charge in [-0.1, -0.05) is 72.9 Å². The number of hydrogen-bond acceptors (Lipinski definition) is 2. The lowest BCUT2D eigenvalue weighted by atomic mass is 10.2. The predicted molar refractivity (Wildman–Crippen MR) is 82.3 cm³/mol. The Morgan fingerprint density at radius 1 is 0.889 bits per heavy atom. The molecule has 0 aliphatic carbocycles. The van der Waals surface area contributed by atoms with Crippen molar-refractivity contribution in [3.05, 3.63) is 71.8 Å². The van der Waals surface area contributed by atoms with Crippen molar-refractivity contribution in [3.8, 4) is 0 Å². The number of hydrogen-bond donors (Lipinski definition) is 0. The van der Waals surface area contributed by atoms with Gasteiger partial charge in [0, 0.05) is 5.75 Å². The predicted octanol–water partition coefficient (Wildman–Crippen LogP) is 4.17. The largest absolute Gasteiger partial charge is 0.300 e. The molecule has 0 fully saturated rings. The van der Waals surface area contributed by atoms with Crippen LogP contribution in [0, 0.1) is 0 Å². The Balaban J connectivity index is 1.88. The molecular formula is C15H14NS2. The highest BCUT2D eigenvalue weighted by Gasteiger charge is 2.03. The van der Waals surface area contributed by atoms with E-state index in [0.717, 1.165) is 12.3 Å². The van der Waals surface area contributed by atoms with Crippen LogP contribution in [-0.2, 0) is 12.3 Å². The van der Waals surface area contributed by atoms with E-state index in [2.05, 4.69) is 41.9 Å². The second kappa shape index (κ2) is 7.19. The van der Waals surface area contributed by atoms with Gasteiger partial charge in [-0.3, -0.25) is 4.31 Å². The van der Waals surface area contributed by atoms with E-state index in [1.807, 2.05) is 28.6 Å². The van der Waals surface area contributed by atoms with Crippen LogP contribution in [0.5, 0.6) is 0 Å². The molecule has 0 heterocycles. The van der Waals surface area contributed by atoms with Crippen molar-refractivity contribution >= 4 is 29.7 Å². The average Bonchev–Trinajstić information content (AvgIpc) is 2.45. The molecular weight excluding hydrogens is 258 g/mol. The Hall–Kier alpha value is -1.32. The highest BCUT2D eigenvalue weighted by Crippen LogP contribution is 2.18. The molecule has 0 unspecified atom stereocenters. The minimum atomic E-state index is 0.793. The molecule has 2 rings (SSSR count). The third-order valence-corrected chi connectivity index (χ3v) is 3.83. The summed E-state index contributed by atoms with van der Waals surface area (Å²) in [5.74, 6) is 0.914. The summed E-state index contributed by atoms with van der Waals surface area (Å²) < 4.78 is 1.97. The van der Waals surface area contributed by atoms with E-state index in [9.17, 15) is 0 Å². The van der Waals surface area contributed by atoms with Crippen LogP contribution >= 0.6 is 24.2 Å². The second-order valence-electron chi connectivity index (χ2n) is 3.87. The van der Waals surface area contributed by atoms with Gasteiger partial charge in [-0.05, 0) is 23.1 Å². The second-order valence-corrected chi connectivity index (χ2v) is 5.04. The van der Waals surface area contributed by atoms with Gasteiger partial charge in [0.1, 0.15) is 5.49 Å². The molecule has 0 atom stereocenters. The zero-order chi connectivity index (χ0) is 12.6. The monoisotopic (exact) mass is 272 g/mol. The van der Waals surface area contributed by atoms with Crippen LogP contribution in [0.4, 0.5) is 0 Å². The summed E-state index contributed by atoms with van der Waals surface area (Å²) in [5, 5.41) is 0. The van der Waals surface area contributed by atoms with E-state index in [1.54, 1.807) is 11.9 Å². The zero-order valence-corrected chi connectivity index (χ0v) is 11.6. The van der Waals surface area contributed by atoms with Crippen LogP contribution in [0.25, 0.3) is 0 Å². The standard InChI is InChI=1S/C15H14NS2/c17-13-16(11-14-7-3-1-4-8-14)18-12-15-9-5-2-6-10-15/h1-10H,11-12H2. The molecule has 2 aromatic rings. The van der Waals surface area contributed by atoms with Crippen molar-refractivity contribution < 1.29 is 0 Å². The quantitative estimate of drug-likeness (QED) is 0.441. The van der Waals surface area contributed by atoms with Crippen LogP contribution in [0.3, 0.4) is 0 Å². The summed E-state index contributed by atoms with van der Waals surface area (Å²) in [6, 6.07) is 20.7. The normalized spacial score (nSPS) is 10.0. The molecule has 0 N–H and O–H groups in total. The lowest BCUT2D eigenvalue weighted by molar-refractivity contribution is 0.698. The fraction of sp³-hybridized carbons (Fsp3) is 0.133. The summed E-state index contributed by atoms with van der Waals surface area (Å²) in [5.41, 5.74) is 5.34. The van der Waals surface area contributed by atoms with Crippen molar-refractivity contribution in [1.82, 2.24) is 4.31 Å². The zero-order valence-electron chi connectivity index (χ0n) is 9.95. The topological polar surface area (TPSA) is 3.24 Å².